The third kappa shape index (κ3) is 1.64. The molecule has 0 aliphatic carbocycles. The van der Waals surface area contributed by atoms with Crippen molar-refractivity contribution in [1.29, 1.82) is 0 Å². The van der Waals surface area contributed by atoms with Crippen LogP contribution in [-0.4, -0.2) is 15.0 Å². The van der Waals surface area contributed by atoms with Gasteiger partial charge in [-0.3, -0.25) is 0 Å². The number of aromatic nitrogens is 3. The molecule has 0 saturated carbocycles. The topological polar surface area (TPSA) is 41.6 Å². The molecular weight excluding hydrogens is 278 g/mol. The van der Waals surface area contributed by atoms with Crippen molar-refractivity contribution in [2.75, 3.05) is 0 Å². The number of nitrogens with zero attached hydrogens (tertiary/aromatic N) is 2. The summed E-state index contributed by atoms with van der Waals surface area (Å²) >= 11 is 7.65. The van der Waals surface area contributed by atoms with Crippen LogP contribution in [-0.2, 0) is 0 Å². The molecule has 1 aromatic carbocycles. The lowest BCUT2D eigenvalue weighted by Crippen LogP contribution is -1.87. The number of halogens is 1. The van der Waals surface area contributed by atoms with Gasteiger partial charge in [-0.15, -0.1) is 11.3 Å². The largest absolute Gasteiger partial charge is 0.360 e. The quantitative estimate of drug-likeness (QED) is 0.523. The molecule has 19 heavy (non-hydrogen) atoms. The molecule has 0 aliphatic rings. The van der Waals surface area contributed by atoms with Gasteiger partial charge in [-0.1, -0.05) is 18.2 Å². The van der Waals surface area contributed by atoms with E-state index < -0.39 is 0 Å². The molecule has 92 valence electrons. The SMILES string of the molecule is Clc1nc(-c2c[nH]c3ccccc23)c2sccc2n1. The lowest BCUT2D eigenvalue weighted by molar-refractivity contribution is 1.23. The first-order valence-corrected chi connectivity index (χ1v) is 7.06. The molecule has 0 amide bonds. The first-order valence-electron chi connectivity index (χ1n) is 5.80. The number of hydrogen-bond donors (Lipinski definition) is 1. The number of fused-ring (bicyclic) bond motifs is 2. The Morgan fingerprint density at radius 2 is 2.00 bits per heavy atom. The Morgan fingerprint density at radius 1 is 1.11 bits per heavy atom. The van der Waals surface area contributed by atoms with Crippen molar-refractivity contribution in [2.24, 2.45) is 0 Å². The number of benzene rings is 1. The lowest BCUT2D eigenvalue weighted by Gasteiger charge is -2.01. The van der Waals surface area contributed by atoms with Gasteiger partial charge < -0.3 is 4.98 Å². The zero-order valence-electron chi connectivity index (χ0n) is 9.72. The fourth-order valence-corrected chi connectivity index (χ4v) is 3.30. The van der Waals surface area contributed by atoms with E-state index in [2.05, 4.69) is 21.0 Å². The molecule has 1 N–H and O–H groups in total. The molecule has 4 aromatic rings. The first-order chi connectivity index (χ1) is 9.33. The summed E-state index contributed by atoms with van der Waals surface area (Å²) in [7, 11) is 0. The van der Waals surface area contributed by atoms with E-state index in [0.29, 0.717) is 0 Å². The van der Waals surface area contributed by atoms with Gasteiger partial charge in [-0.05, 0) is 29.1 Å². The number of thiophene rings is 1. The van der Waals surface area contributed by atoms with E-state index >= 15 is 0 Å². The predicted octanol–water partition coefficient (Wildman–Crippen LogP) is 4.49. The van der Waals surface area contributed by atoms with E-state index in [0.717, 1.165) is 32.4 Å². The Bertz CT molecular complexity index is 894. The highest BCUT2D eigenvalue weighted by atomic mass is 35.5. The fraction of sp³-hybridized carbons (Fsp3) is 0. The molecule has 4 rings (SSSR count). The van der Waals surface area contributed by atoms with Crippen LogP contribution in [0.15, 0.2) is 41.9 Å². The Morgan fingerprint density at radius 3 is 2.95 bits per heavy atom. The Kier molecular flexibility index (Phi) is 2.33. The van der Waals surface area contributed by atoms with Crippen LogP contribution < -0.4 is 0 Å². The molecule has 0 radical (unpaired) electrons. The van der Waals surface area contributed by atoms with Crippen LogP contribution >= 0.6 is 22.9 Å². The van der Waals surface area contributed by atoms with Gasteiger partial charge in [-0.2, -0.15) is 0 Å². The molecule has 3 nitrogen and oxygen atoms in total. The molecule has 3 aromatic heterocycles. The summed E-state index contributed by atoms with van der Waals surface area (Å²) in [5.41, 5.74) is 3.94. The maximum absolute atomic E-state index is 6.02. The number of para-hydroxylation sites is 1. The predicted molar refractivity (Wildman–Crippen MR) is 79.7 cm³/mol. The van der Waals surface area contributed by atoms with E-state index in [9.17, 15) is 0 Å². The van der Waals surface area contributed by atoms with Gasteiger partial charge in [0.05, 0.1) is 15.9 Å². The van der Waals surface area contributed by atoms with Gasteiger partial charge in [0.25, 0.3) is 0 Å². The van der Waals surface area contributed by atoms with Crippen LogP contribution in [0.1, 0.15) is 0 Å². The second-order valence-electron chi connectivity index (χ2n) is 4.22. The normalized spacial score (nSPS) is 11.4. The van der Waals surface area contributed by atoms with Crippen LogP contribution in [0.2, 0.25) is 5.28 Å². The van der Waals surface area contributed by atoms with E-state index in [-0.39, 0.29) is 5.28 Å². The van der Waals surface area contributed by atoms with Gasteiger partial charge in [0, 0.05) is 22.7 Å². The third-order valence-electron chi connectivity index (χ3n) is 3.12. The minimum absolute atomic E-state index is 0.284. The highest BCUT2D eigenvalue weighted by Gasteiger charge is 2.13. The second-order valence-corrected chi connectivity index (χ2v) is 5.48. The summed E-state index contributed by atoms with van der Waals surface area (Å²) in [5.74, 6) is 0. The van der Waals surface area contributed by atoms with E-state index in [1.807, 2.05) is 35.8 Å². The Balaban J connectivity index is 2.11. The molecule has 0 atom stereocenters. The molecule has 0 bridgehead atoms. The number of rotatable bonds is 1. The van der Waals surface area contributed by atoms with Crippen LogP contribution in [0, 0.1) is 0 Å². The fourth-order valence-electron chi connectivity index (χ4n) is 2.29. The summed E-state index contributed by atoms with van der Waals surface area (Å²) in [4.78, 5) is 11.9. The molecule has 0 unspecified atom stereocenters. The summed E-state index contributed by atoms with van der Waals surface area (Å²) in [6.45, 7) is 0. The molecule has 0 fully saturated rings. The number of hydrogen-bond acceptors (Lipinski definition) is 3. The monoisotopic (exact) mass is 285 g/mol. The number of nitrogens with one attached hydrogen (secondary N) is 1. The van der Waals surface area contributed by atoms with Crippen molar-refractivity contribution >= 4 is 44.1 Å². The highest BCUT2D eigenvalue weighted by Crippen LogP contribution is 2.34. The molecule has 0 spiro atoms. The highest BCUT2D eigenvalue weighted by molar-refractivity contribution is 7.17. The van der Waals surface area contributed by atoms with Crippen LogP contribution in [0.5, 0.6) is 0 Å². The van der Waals surface area contributed by atoms with Crippen molar-refractivity contribution < 1.29 is 0 Å². The van der Waals surface area contributed by atoms with Crippen LogP contribution in [0.25, 0.3) is 32.4 Å². The number of H-pyrrole nitrogens is 1. The van der Waals surface area contributed by atoms with Gasteiger partial charge >= 0.3 is 0 Å². The van der Waals surface area contributed by atoms with Crippen LogP contribution in [0.4, 0.5) is 0 Å². The maximum Gasteiger partial charge on any atom is 0.223 e. The van der Waals surface area contributed by atoms with Crippen molar-refractivity contribution in [3.8, 4) is 11.3 Å². The van der Waals surface area contributed by atoms with Crippen molar-refractivity contribution in [3.05, 3.63) is 47.2 Å². The maximum atomic E-state index is 6.02. The average Bonchev–Trinajstić information content (AvgIpc) is 3.03. The minimum Gasteiger partial charge on any atom is -0.360 e. The van der Waals surface area contributed by atoms with Gasteiger partial charge in [-0.25, -0.2) is 9.97 Å². The molecule has 5 heteroatoms. The first kappa shape index (κ1) is 11.0. The number of aromatic amines is 1. The third-order valence-corrected chi connectivity index (χ3v) is 4.20. The molecule has 3 heterocycles. The van der Waals surface area contributed by atoms with E-state index in [4.69, 9.17) is 11.6 Å². The van der Waals surface area contributed by atoms with Gasteiger partial charge in [0.15, 0.2) is 0 Å². The van der Waals surface area contributed by atoms with E-state index in [1.54, 1.807) is 11.3 Å². The average molecular weight is 286 g/mol. The summed E-state index contributed by atoms with van der Waals surface area (Å²) < 4.78 is 1.06. The molecule has 0 aliphatic heterocycles. The summed E-state index contributed by atoms with van der Waals surface area (Å²) in [6.07, 6.45) is 1.97. The van der Waals surface area contributed by atoms with Crippen molar-refractivity contribution in [2.45, 2.75) is 0 Å². The van der Waals surface area contributed by atoms with Crippen molar-refractivity contribution in [3.63, 3.8) is 0 Å². The molecule has 0 saturated heterocycles. The van der Waals surface area contributed by atoms with Crippen LogP contribution in [0.3, 0.4) is 0 Å². The second kappa shape index (κ2) is 4.05. The van der Waals surface area contributed by atoms with E-state index in [1.165, 1.54) is 0 Å². The smallest absolute Gasteiger partial charge is 0.223 e. The van der Waals surface area contributed by atoms with Gasteiger partial charge in [0.2, 0.25) is 5.28 Å². The standard InChI is InChI=1S/C14H8ClN3S/c15-14-17-11-5-6-19-13(11)12(18-14)9-7-16-10-4-2-1-3-8(9)10/h1-7,16H. The minimum atomic E-state index is 0.284. The summed E-state index contributed by atoms with van der Waals surface area (Å²) in [6, 6.07) is 10.1. The lowest BCUT2D eigenvalue weighted by atomic mass is 10.1. The summed E-state index contributed by atoms with van der Waals surface area (Å²) in [5, 5.41) is 3.44. The zero-order chi connectivity index (χ0) is 12.8. The zero-order valence-corrected chi connectivity index (χ0v) is 11.3. The molecular formula is C14H8ClN3S. The van der Waals surface area contributed by atoms with Gasteiger partial charge in [0.1, 0.15) is 0 Å². The Hall–Kier alpha value is -1.91. The van der Waals surface area contributed by atoms with Crippen molar-refractivity contribution in [1.82, 2.24) is 15.0 Å². The Labute approximate surface area is 117 Å².